The Bertz CT molecular complexity index is 1160. The quantitative estimate of drug-likeness (QED) is 0.345. The van der Waals surface area contributed by atoms with Gasteiger partial charge in [-0.2, -0.15) is 0 Å². The Morgan fingerprint density at radius 3 is 1.75 bits per heavy atom. The van der Waals surface area contributed by atoms with Crippen LogP contribution >= 0.6 is 0 Å². The van der Waals surface area contributed by atoms with Gasteiger partial charge in [-0.25, -0.2) is 4.98 Å². The smallest absolute Gasteiger partial charge is 0.134 e. The molecule has 3 aromatic carbocycles. The van der Waals surface area contributed by atoms with Crippen molar-refractivity contribution >= 4 is 33.1 Å². The normalized spacial score (nSPS) is 12.6. The molecule has 4 rings (SSSR count). The number of quaternary nitrogens is 2. The first-order chi connectivity index (χ1) is 13.1. The molecular weight excluding hydrogens is 342 g/mol. The minimum Gasteiger partial charge on any atom is -0.298 e. The van der Waals surface area contributed by atoms with Gasteiger partial charge in [-0.3, -0.25) is 8.97 Å². The highest BCUT2D eigenvalue weighted by atomic mass is 15.3. The Hall–Kier alpha value is -2.75. The van der Waals surface area contributed by atoms with Crippen molar-refractivity contribution in [2.75, 3.05) is 42.3 Å². The van der Waals surface area contributed by atoms with Crippen molar-refractivity contribution in [3.05, 3.63) is 66.7 Å². The monoisotopic (exact) mass is 371 g/mol. The van der Waals surface area contributed by atoms with Gasteiger partial charge in [-0.15, -0.1) is 0 Å². The zero-order chi connectivity index (χ0) is 20.1. The Kier molecular flexibility index (Phi) is 4.25. The van der Waals surface area contributed by atoms with E-state index >= 15 is 0 Å². The number of hydrogen-bond donors (Lipinski definition) is 0. The third-order valence-electron chi connectivity index (χ3n) is 5.36. The predicted molar refractivity (Wildman–Crippen MR) is 124 cm³/mol. The minimum atomic E-state index is 0.775. The highest BCUT2D eigenvalue weighted by Crippen LogP contribution is 2.36. The third-order valence-corrected chi connectivity index (χ3v) is 5.36. The molecule has 1 aromatic heterocycles. The average Bonchev–Trinajstić information content (AvgIpc) is 2.65. The molecule has 0 unspecified atom stereocenters. The van der Waals surface area contributed by atoms with E-state index in [1.54, 1.807) is 0 Å². The van der Waals surface area contributed by atoms with Gasteiger partial charge in [0.2, 0.25) is 0 Å². The number of fused-ring (bicyclic) bond motifs is 3. The number of aromatic nitrogens is 1. The number of pyridine rings is 1. The number of rotatable bonds is 3. The first-order valence-corrected chi connectivity index (χ1v) is 9.71. The molecule has 0 atom stereocenters. The molecule has 0 fully saturated rings. The van der Waals surface area contributed by atoms with E-state index in [1.165, 1.54) is 27.5 Å². The minimum absolute atomic E-state index is 0.775. The van der Waals surface area contributed by atoms with Gasteiger partial charge in [0.25, 0.3) is 0 Å². The van der Waals surface area contributed by atoms with E-state index in [0.29, 0.717) is 0 Å². The maximum Gasteiger partial charge on any atom is 0.134 e. The van der Waals surface area contributed by atoms with Gasteiger partial charge >= 0.3 is 0 Å². The first kappa shape index (κ1) is 18.6. The van der Waals surface area contributed by atoms with Crippen LogP contribution in [0.15, 0.2) is 66.7 Å². The molecule has 0 amide bonds. The summed E-state index contributed by atoms with van der Waals surface area (Å²) in [6.45, 7) is 0. The van der Waals surface area contributed by atoms with Crippen molar-refractivity contribution in [1.82, 2.24) is 14.0 Å². The second-order valence-corrected chi connectivity index (χ2v) is 9.28. The summed E-state index contributed by atoms with van der Waals surface area (Å²) >= 11 is 0. The highest BCUT2D eigenvalue weighted by Gasteiger charge is 2.19. The van der Waals surface area contributed by atoms with Crippen molar-refractivity contribution in [3.63, 3.8) is 0 Å². The summed E-state index contributed by atoms with van der Waals surface area (Å²) in [5.74, 6) is 0. The van der Waals surface area contributed by atoms with E-state index in [9.17, 15) is 0 Å². The molecule has 1 heterocycles. The van der Waals surface area contributed by atoms with Crippen molar-refractivity contribution in [1.29, 1.82) is 0 Å². The van der Waals surface area contributed by atoms with E-state index in [2.05, 4.69) is 109 Å². The molecule has 0 aliphatic heterocycles. The van der Waals surface area contributed by atoms with Crippen molar-refractivity contribution in [2.45, 2.75) is 0 Å². The number of hydrogen-bond acceptors (Lipinski definition) is 1. The molecule has 0 spiro atoms. The molecule has 0 aliphatic rings. The Labute approximate surface area is 167 Å². The topological polar surface area (TPSA) is 12.9 Å². The van der Waals surface area contributed by atoms with Crippen LogP contribution in [-0.4, -0.2) is 47.3 Å². The standard InChI is InChI=1S/C25H29N3/c1-27(2,3)19-12-14-21-22-15-13-20(28(4,5)6)17-24(22)26-25(23(21)16-19)18-10-8-7-9-11-18/h7-17H,1-6H3/q+2. The van der Waals surface area contributed by atoms with Gasteiger partial charge in [-0.1, -0.05) is 30.3 Å². The molecular formula is C25H29N3+2. The summed E-state index contributed by atoms with van der Waals surface area (Å²) in [6, 6.07) is 24.0. The fraction of sp³-hybridized carbons (Fsp3) is 0.240. The van der Waals surface area contributed by atoms with Crippen LogP contribution in [0.5, 0.6) is 0 Å². The van der Waals surface area contributed by atoms with Gasteiger partial charge in [0, 0.05) is 28.5 Å². The average molecular weight is 372 g/mol. The molecule has 0 aliphatic carbocycles. The fourth-order valence-corrected chi connectivity index (χ4v) is 3.63. The zero-order valence-electron chi connectivity index (χ0n) is 17.7. The molecule has 0 N–H and O–H groups in total. The summed E-state index contributed by atoms with van der Waals surface area (Å²) in [6.07, 6.45) is 0. The molecule has 0 bridgehead atoms. The summed E-state index contributed by atoms with van der Waals surface area (Å²) in [4.78, 5) is 5.15. The van der Waals surface area contributed by atoms with Crippen LogP contribution in [0.25, 0.3) is 32.9 Å². The van der Waals surface area contributed by atoms with Crippen molar-refractivity contribution in [3.8, 4) is 11.3 Å². The SMILES string of the molecule is C[N+](C)(C)c1ccc2c(c1)nc(-c1ccccc1)c1cc([N+](C)(C)C)ccc12. The Balaban J connectivity index is 2.11. The third kappa shape index (κ3) is 3.28. The lowest BCUT2D eigenvalue weighted by atomic mass is 9.98. The number of nitrogens with zero attached hydrogens (tertiary/aromatic N) is 3. The second-order valence-electron chi connectivity index (χ2n) is 9.28. The van der Waals surface area contributed by atoms with Crippen LogP contribution in [0.2, 0.25) is 0 Å². The molecule has 28 heavy (non-hydrogen) atoms. The molecule has 3 nitrogen and oxygen atoms in total. The lowest BCUT2D eigenvalue weighted by Crippen LogP contribution is -2.34. The lowest BCUT2D eigenvalue weighted by molar-refractivity contribution is 0.486. The molecule has 0 saturated heterocycles. The molecule has 0 radical (unpaired) electrons. The summed E-state index contributed by atoms with van der Waals surface area (Å²) in [5, 5.41) is 3.68. The van der Waals surface area contributed by atoms with Gasteiger partial charge in [0.1, 0.15) is 11.4 Å². The van der Waals surface area contributed by atoms with Crippen LogP contribution in [0.3, 0.4) is 0 Å². The Morgan fingerprint density at radius 1 is 0.571 bits per heavy atom. The first-order valence-electron chi connectivity index (χ1n) is 9.71. The van der Waals surface area contributed by atoms with Crippen molar-refractivity contribution in [2.24, 2.45) is 0 Å². The molecule has 0 saturated carbocycles. The van der Waals surface area contributed by atoms with Gasteiger partial charge in [-0.05, 0) is 29.7 Å². The Morgan fingerprint density at radius 2 is 1.14 bits per heavy atom. The zero-order valence-corrected chi connectivity index (χ0v) is 17.7. The largest absolute Gasteiger partial charge is 0.298 e. The van der Waals surface area contributed by atoms with E-state index in [-0.39, 0.29) is 0 Å². The molecule has 142 valence electrons. The van der Waals surface area contributed by atoms with E-state index < -0.39 is 0 Å². The van der Waals surface area contributed by atoms with Crippen molar-refractivity contribution < 1.29 is 0 Å². The summed E-state index contributed by atoms with van der Waals surface area (Å²) < 4.78 is 1.55. The summed E-state index contributed by atoms with van der Waals surface area (Å²) in [5.41, 5.74) is 5.78. The maximum atomic E-state index is 5.15. The fourth-order valence-electron chi connectivity index (χ4n) is 3.63. The van der Waals surface area contributed by atoms with E-state index in [4.69, 9.17) is 4.98 Å². The van der Waals surface area contributed by atoms with E-state index in [1.807, 2.05) is 0 Å². The van der Waals surface area contributed by atoms with E-state index in [0.717, 1.165) is 25.7 Å². The lowest BCUT2D eigenvalue weighted by Gasteiger charge is -2.25. The van der Waals surface area contributed by atoms with Gasteiger partial charge in [0.15, 0.2) is 0 Å². The molecule has 4 aromatic rings. The summed E-state index contributed by atoms with van der Waals surface area (Å²) in [7, 11) is 13.2. The molecule has 3 heteroatoms. The van der Waals surface area contributed by atoms with Crippen LogP contribution in [0.1, 0.15) is 0 Å². The van der Waals surface area contributed by atoms with Crippen LogP contribution in [0.4, 0.5) is 11.4 Å². The predicted octanol–water partition coefficient (Wildman–Crippen LogP) is 5.45. The van der Waals surface area contributed by atoms with Gasteiger partial charge in [0.05, 0.1) is 53.5 Å². The van der Waals surface area contributed by atoms with Gasteiger partial charge < -0.3 is 0 Å². The number of benzene rings is 3. The maximum absolute atomic E-state index is 5.15. The van der Waals surface area contributed by atoms with Crippen LogP contribution in [-0.2, 0) is 0 Å². The van der Waals surface area contributed by atoms with Crippen LogP contribution in [0, 0.1) is 0 Å². The highest BCUT2D eigenvalue weighted by molar-refractivity contribution is 6.12. The second kappa shape index (κ2) is 6.40. The van der Waals surface area contributed by atoms with Crippen LogP contribution < -0.4 is 8.97 Å².